The van der Waals surface area contributed by atoms with Gasteiger partial charge in [0.1, 0.15) is 0 Å². The van der Waals surface area contributed by atoms with Crippen LogP contribution in [0.5, 0.6) is 0 Å². The van der Waals surface area contributed by atoms with Crippen LogP contribution in [0.3, 0.4) is 0 Å². The van der Waals surface area contributed by atoms with E-state index in [1.807, 2.05) is 30.3 Å². The minimum Gasteiger partial charge on any atom is -0.332 e. The van der Waals surface area contributed by atoms with Crippen LogP contribution in [0.1, 0.15) is 15.9 Å². The summed E-state index contributed by atoms with van der Waals surface area (Å²) in [4.78, 5) is 12.4. The van der Waals surface area contributed by atoms with Crippen molar-refractivity contribution in [3.63, 3.8) is 0 Å². The average Bonchev–Trinajstić information content (AvgIpc) is 2.75. The number of anilines is 1. The van der Waals surface area contributed by atoms with Crippen LogP contribution in [0.25, 0.3) is 0 Å². The molecular weight excluding hydrogens is 454 g/mol. The third kappa shape index (κ3) is 6.60. The highest BCUT2D eigenvalue weighted by molar-refractivity contribution is 7.89. The molecule has 3 N–H and O–H groups in total. The van der Waals surface area contributed by atoms with E-state index in [0.29, 0.717) is 29.2 Å². The largest absolute Gasteiger partial charge is 0.332 e. The van der Waals surface area contributed by atoms with Crippen LogP contribution in [-0.4, -0.2) is 26.0 Å². The Bertz CT molecular complexity index is 1170. The molecule has 0 spiro atoms. The first-order chi connectivity index (χ1) is 14.8. The summed E-state index contributed by atoms with van der Waals surface area (Å²) in [5, 5.41) is 5.77. The predicted octanol–water partition coefficient (Wildman–Crippen LogP) is 3.99. The molecule has 0 aromatic heterocycles. The van der Waals surface area contributed by atoms with Crippen molar-refractivity contribution in [2.45, 2.75) is 11.3 Å². The summed E-state index contributed by atoms with van der Waals surface area (Å²) >= 11 is 11.2. The molecule has 3 rings (SSSR count). The second-order valence-electron chi connectivity index (χ2n) is 6.55. The first-order valence-corrected chi connectivity index (χ1v) is 11.6. The topological polar surface area (TPSA) is 87.3 Å². The van der Waals surface area contributed by atoms with Crippen LogP contribution in [0, 0.1) is 0 Å². The molecule has 0 heterocycles. The van der Waals surface area contributed by atoms with Gasteiger partial charge in [0.25, 0.3) is 5.91 Å². The number of halogens is 1. The monoisotopic (exact) mass is 473 g/mol. The number of carbonyl (C=O) groups is 1. The third-order valence-corrected chi connectivity index (χ3v) is 6.33. The highest BCUT2D eigenvalue weighted by Gasteiger charge is 2.14. The molecule has 0 aliphatic heterocycles. The Hall–Kier alpha value is -2.78. The van der Waals surface area contributed by atoms with Crippen molar-refractivity contribution in [1.82, 2.24) is 10.0 Å². The SMILES string of the molecule is O=C(NC(=S)Nc1ccc(S(=O)(=O)NCCc2ccccc2)cc1)c1ccccc1Cl. The van der Waals surface area contributed by atoms with Crippen molar-refractivity contribution in [3.05, 3.63) is 95.0 Å². The fraction of sp³-hybridized carbons (Fsp3) is 0.0909. The van der Waals surface area contributed by atoms with E-state index in [4.69, 9.17) is 23.8 Å². The third-order valence-electron chi connectivity index (χ3n) is 4.32. The van der Waals surface area contributed by atoms with Crippen LogP contribution < -0.4 is 15.4 Å². The summed E-state index contributed by atoms with van der Waals surface area (Å²) in [5.74, 6) is -0.440. The molecule has 0 atom stereocenters. The first kappa shape index (κ1) is 22.9. The van der Waals surface area contributed by atoms with Gasteiger partial charge in [0.05, 0.1) is 15.5 Å². The molecule has 0 aliphatic carbocycles. The van der Waals surface area contributed by atoms with Gasteiger partial charge in [0, 0.05) is 12.2 Å². The summed E-state index contributed by atoms with van der Waals surface area (Å²) < 4.78 is 27.5. The second kappa shape index (κ2) is 10.5. The van der Waals surface area contributed by atoms with E-state index in [9.17, 15) is 13.2 Å². The lowest BCUT2D eigenvalue weighted by molar-refractivity contribution is 0.0978. The molecule has 9 heteroatoms. The predicted molar refractivity (Wildman–Crippen MR) is 127 cm³/mol. The molecule has 0 radical (unpaired) electrons. The number of hydrogen-bond donors (Lipinski definition) is 3. The molecule has 3 aromatic carbocycles. The van der Waals surface area contributed by atoms with Crippen LogP contribution in [0.4, 0.5) is 5.69 Å². The standard InChI is InChI=1S/C22H20ClN3O3S2/c23-20-9-5-4-8-19(20)21(27)26-22(30)25-17-10-12-18(13-11-17)31(28,29)24-15-14-16-6-2-1-3-7-16/h1-13,24H,14-15H2,(H2,25,26,27,30). The molecule has 160 valence electrons. The normalized spacial score (nSPS) is 11.0. The van der Waals surface area contributed by atoms with E-state index in [1.54, 1.807) is 36.4 Å². The van der Waals surface area contributed by atoms with Crippen molar-refractivity contribution in [3.8, 4) is 0 Å². The van der Waals surface area contributed by atoms with E-state index in [-0.39, 0.29) is 10.0 Å². The number of thiocarbonyl (C=S) groups is 1. The van der Waals surface area contributed by atoms with Crippen molar-refractivity contribution in [1.29, 1.82) is 0 Å². The van der Waals surface area contributed by atoms with E-state index < -0.39 is 15.9 Å². The summed E-state index contributed by atoms with van der Waals surface area (Å²) in [6, 6.07) is 22.3. The van der Waals surface area contributed by atoms with Gasteiger partial charge in [0.2, 0.25) is 10.0 Å². The first-order valence-electron chi connectivity index (χ1n) is 9.36. The molecule has 0 saturated carbocycles. The van der Waals surface area contributed by atoms with Crippen LogP contribution in [0.15, 0.2) is 83.8 Å². The van der Waals surface area contributed by atoms with Gasteiger partial charge < -0.3 is 5.32 Å². The van der Waals surface area contributed by atoms with Gasteiger partial charge in [-0.25, -0.2) is 13.1 Å². The zero-order chi connectivity index (χ0) is 22.3. The summed E-state index contributed by atoms with van der Waals surface area (Å²) in [7, 11) is -3.63. The molecule has 0 bridgehead atoms. The maximum Gasteiger partial charge on any atom is 0.258 e. The zero-order valence-corrected chi connectivity index (χ0v) is 18.7. The number of carbonyl (C=O) groups excluding carboxylic acids is 1. The highest BCUT2D eigenvalue weighted by atomic mass is 35.5. The smallest absolute Gasteiger partial charge is 0.258 e. The van der Waals surface area contributed by atoms with Crippen LogP contribution in [0.2, 0.25) is 5.02 Å². The van der Waals surface area contributed by atoms with E-state index in [0.717, 1.165) is 5.56 Å². The highest BCUT2D eigenvalue weighted by Crippen LogP contribution is 2.16. The van der Waals surface area contributed by atoms with Crippen molar-refractivity contribution in [2.75, 3.05) is 11.9 Å². The quantitative estimate of drug-likeness (QED) is 0.452. The number of rotatable bonds is 7. The van der Waals surface area contributed by atoms with E-state index in [1.165, 1.54) is 12.1 Å². The van der Waals surface area contributed by atoms with E-state index >= 15 is 0 Å². The molecule has 3 aromatic rings. The van der Waals surface area contributed by atoms with Crippen LogP contribution >= 0.6 is 23.8 Å². The average molecular weight is 474 g/mol. The molecular formula is C22H20ClN3O3S2. The Balaban J connectivity index is 1.54. The number of sulfonamides is 1. The summed E-state index contributed by atoms with van der Waals surface area (Å²) in [6.45, 7) is 0.296. The number of benzene rings is 3. The minimum atomic E-state index is -3.63. The minimum absolute atomic E-state index is 0.0708. The zero-order valence-electron chi connectivity index (χ0n) is 16.3. The summed E-state index contributed by atoms with van der Waals surface area (Å²) in [6.07, 6.45) is 0.596. The summed E-state index contributed by atoms with van der Waals surface area (Å²) in [5.41, 5.74) is 1.89. The second-order valence-corrected chi connectivity index (χ2v) is 9.13. The van der Waals surface area contributed by atoms with Gasteiger partial charge in [-0.3, -0.25) is 10.1 Å². The van der Waals surface area contributed by atoms with Gasteiger partial charge in [-0.05, 0) is 60.6 Å². The molecule has 0 saturated heterocycles. The molecule has 0 aliphatic rings. The molecule has 31 heavy (non-hydrogen) atoms. The Morgan fingerprint density at radius 2 is 1.55 bits per heavy atom. The lowest BCUT2D eigenvalue weighted by atomic mass is 10.2. The van der Waals surface area contributed by atoms with Gasteiger partial charge in [-0.2, -0.15) is 0 Å². The number of nitrogens with one attached hydrogen (secondary N) is 3. The number of amides is 1. The maximum atomic E-state index is 12.5. The fourth-order valence-electron chi connectivity index (χ4n) is 2.75. The van der Waals surface area contributed by atoms with Gasteiger partial charge in [-0.15, -0.1) is 0 Å². The molecule has 0 fully saturated rings. The Labute approximate surface area is 191 Å². The van der Waals surface area contributed by atoms with Gasteiger partial charge in [0.15, 0.2) is 5.11 Å². The maximum absolute atomic E-state index is 12.5. The Morgan fingerprint density at radius 1 is 0.903 bits per heavy atom. The van der Waals surface area contributed by atoms with Gasteiger partial charge >= 0.3 is 0 Å². The van der Waals surface area contributed by atoms with Crippen LogP contribution in [-0.2, 0) is 16.4 Å². The Kier molecular flexibility index (Phi) is 7.75. The fourth-order valence-corrected chi connectivity index (χ4v) is 4.22. The van der Waals surface area contributed by atoms with Crippen molar-refractivity contribution in [2.24, 2.45) is 0 Å². The molecule has 0 unspecified atom stereocenters. The lowest BCUT2D eigenvalue weighted by Crippen LogP contribution is -2.34. The number of hydrogen-bond acceptors (Lipinski definition) is 4. The lowest BCUT2D eigenvalue weighted by Gasteiger charge is -2.11. The van der Waals surface area contributed by atoms with Gasteiger partial charge in [-0.1, -0.05) is 54.1 Å². The van der Waals surface area contributed by atoms with E-state index in [2.05, 4.69) is 15.4 Å². The van der Waals surface area contributed by atoms with Crippen molar-refractivity contribution < 1.29 is 13.2 Å². The van der Waals surface area contributed by atoms with Crippen molar-refractivity contribution >= 4 is 50.5 Å². The molecule has 6 nitrogen and oxygen atoms in total. The molecule has 1 amide bonds. The Morgan fingerprint density at radius 3 is 2.23 bits per heavy atom.